The topological polar surface area (TPSA) is 30.5 Å². The van der Waals surface area contributed by atoms with Crippen molar-refractivity contribution < 1.29 is 9.47 Å². The average Bonchev–Trinajstić information content (AvgIpc) is 2.24. The number of unbranched alkanes of at least 4 members (excludes halogenated alkanes) is 1. The van der Waals surface area contributed by atoms with Gasteiger partial charge < -0.3 is 14.8 Å². The molecule has 0 bridgehead atoms. The zero-order valence-corrected chi connectivity index (χ0v) is 12.7. The molecule has 0 aliphatic rings. The second-order valence-corrected chi connectivity index (χ2v) is 5.30. The van der Waals surface area contributed by atoms with Crippen molar-refractivity contribution in [3.8, 4) is 0 Å². The third-order valence-corrected chi connectivity index (χ3v) is 3.25. The predicted molar refractivity (Wildman–Crippen MR) is 68.5 cm³/mol. The first-order chi connectivity index (χ1) is 7.26. The molecule has 0 spiro atoms. The third-order valence-electron chi connectivity index (χ3n) is 2.30. The Bertz CT molecular complexity index is 130. The molecule has 0 fully saturated rings. The molecule has 0 radical (unpaired) electrons. The van der Waals surface area contributed by atoms with Crippen molar-refractivity contribution in [1.82, 2.24) is 5.32 Å². The highest BCUT2D eigenvalue weighted by atomic mass is 28.1. The van der Waals surface area contributed by atoms with Gasteiger partial charge in [-0.1, -0.05) is 13.3 Å². The van der Waals surface area contributed by atoms with Gasteiger partial charge >= 0.3 is 0 Å². The maximum absolute atomic E-state index is 5.57. The van der Waals surface area contributed by atoms with Crippen LogP contribution in [0.15, 0.2) is 0 Å². The van der Waals surface area contributed by atoms with Crippen LogP contribution in [0.1, 0.15) is 33.6 Å². The molecule has 0 rings (SSSR count). The minimum absolute atomic E-state index is 0.000734. The lowest BCUT2D eigenvalue weighted by Crippen LogP contribution is -2.32. The van der Waals surface area contributed by atoms with Crippen LogP contribution in [0.5, 0.6) is 0 Å². The Morgan fingerprint density at radius 1 is 1.13 bits per heavy atom. The van der Waals surface area contributed by atoms with E-state index in [-0.39, 0.29) is 6.29 Å². The van der Waals surface area contributed by atoms with Gasteiger partial charge in [-0.05, 0) is 33.4 Å². The molecular formula is C11H27NO2Si. The fourth-order valence-corrected chi connectivity index (χ4v) is 2.11. The van der Waals surface area contributed by atoms with Crippen molar-refractivity contribution in [2.45, 2.75) is 45.4 Å². The molecule has 0 aliphatic heterocycles. The molecule has 0 aromatic heterocycles. The van der Waals surface area contributed by atoms with E-state index in [0.29, 0.717) is 5.54 Å². The Morgan fingerprint density at radius 3 is 2.20 bits per heavy atom. The summed E-state index contributed by atoms with van der Waals surface area (Å²) in [4.78, 5) is 0. The van der Waals surface area contributed by atoms with Crippen LogP contribution >= 0.6 is 0 Å². The molecular weight excluding hydrogens is 206 g/mol. The van der Waals surface area contributed by atoms with Gasteiger partial charge in [0.15, 0.2) is 6.29 Å². The second kappa shape index (κ2) is 10.6. The summed E-state index contributed by atoms with van der Waals surface area (Å²) in [7, 11) is 1.11. The predicted octanol–water partition coefficient (Wildman–Crippen LogP) is 0.929. The molecule has 92 valence electrons. The number of rotatable bonds is 10. The Kier molecular flexibility index (Phi) is 10.7. The molecule has 0 aliphatic carbocycles. The molecule has 3 nitrogen and oxygen atoms in total. The summed E-state index contributed by atoms with van der Waals surface area (Å²) in [5, 5.41) is 3.46. The molecule has 4 heteroatoms. The summed E-state index contributed by atoms with van der Waals surface area (Å²) in [6.45, 7) is 9.85. The fraction of sp³-hybridized carbons (Fsp3) is 1.00. The lowest BCUT2D eigenvalue weighted by molar-refractivity contribution is -0.137. The van der Waals surface area contributed by atoms with E-state index in [2.05, 4.69) is 12.2 Å². The van der Waals surface area contributed by atoms with Crippen LogP contribution in [-0.2, 0) is 9.47 Å². The number of ether oxygens (including phenoxy) is 2. The van der Waals surface area contributed by atoms with Crippen LogP contribution in [0.25, 0.3) is 0 Å². The summed E-state index contributed by atoms with van der Waals surface area (Å²) >= 11 is 0. The highest BCUT2D eigenvalue weighted by molar-refractivity contribution is 6.12. The van der Waals surface area contributed by atoms with Crippen molar-refractivity contribution in [3.05, 3.63) is 0 Å². The Labute approximate surface area is 97.3 Å². The lowest BCUT2D eigenvalue weighted by atomic mass is 10.3. The van der Waals surface area contributed by atoms with Crippen LogP contribution in [0.3, 0.4) is 0 Å². The quantitative estimate of drug-likeness (QED) is 0.346. The second-order valence-electron chi connectivity index (χ2n) is 3.81. The minimum Gasteiger partial charge on any atom is -0.353 e. The van der Waals surface area contributed by atoms with Gasteiger partial charge in [-0.2, -0.15) is 0 Å². The summed E-state index contributed by atoms with van der Waals surface area (Å²) in [6.07, 6.45) is 2.50. The SMILES string of the molecule is CCCCNCC([SiH3])C(OCC)OCC. The highest BCUT2D eigenvalue weighted by Gasteiger charge is 2.16. The Morgan fingerprint density at radius 2 is 1.73 bits per heavy atom. The van der Waals surface area contributed by atoms with Crippen molar-refractivity contribution in [2.75, 3.05) is 26.3 Å². The number of nitrogens with one attached hydrogen (secondary N) is 1. The molecule has 0 aromatic rings. The van der Waals surface area contributed by atoms with Gasteiger partial charge in [0.1, 0.15) is 0 Å². The van der Waals surface area contributed by atoms with Gasteiger partial charge in [0.2, 0.25) is 0 Å². The first-order valence-corrected chi connectivity index (χ1v) is 7.35. The van der Waals surface area contributed by atoms with E-state index in [1.165, 1.54) is 12.8 Å². The molecule has 0 aromatic carbocycles. The van der Waals surface area contributed by atoms with Crippen LogP contribution in [0.4, 0.5) is 0 Å². The van der Waals surface area contributed by atoms with Crippen molar-refractivity contribution in [1.29, 1.82) is 0 Å². The standard InChI is InChI=1S/C11H27NO2Si/c1-4-7-8-12-9-10(15)11(13-5-2)14-6-3/h10-12H,4-9H2,1-3,15H3. The van der Waals surface area contributed by atoms with Gasteiger partial charge in [-0.3, -0.25) is 0 Å². The Balaban J connectivity index is 3.65. The van der Waals surface area contributed by atoms with Crippen molar-refractivity contribution in [2.24, 2.45) is 0 Å². The van der Waals surface area contributed by atoms with E-state index >= 15 is 0 Å². The highest BCUT2D eigenvalue weighted by Crippen LogP contribution is 2.11. The molecule has 1 N–H and O–H groups in total. The third kappa shape index (κ3) is 7.96. The molecule has 1 unspecified atom stereocenters. The van der Waals surface area contributed by atoms with Gasteiger partial charge in [0.05, 0.1) is 0 Å². The summed E-state index contributed by atoms with van der Waals surface area (Å²) in [5.74, 6) is 0. The van der Waals surface area contributed by atoms with Gasteiger partial charge in [0.25, 0.3) is 0 Å². The normalized spacial score (nSPS) is 13.6. The first kappa shape index (κ1) is 15.1. The monoisotopic (exact) mass is 233 g/mol. The maximum Gasteiger partial charge on any atom is 0.158 e. The minimum atomic E-state index is 0.000734. The zero-order chi connectivity index (χ0) is 11.5. The molecule has 0 amide bonds. The molecule has 0 saturated heterocycles. The zero-order valence-electron chi connectivity index (χ0n) is 10.7. The Hall–Kier alpha value is 0.0969. The number of hydrogen-bond acceptors (Lipinski definition) is 3. The average molecular weight is 233 g/mol. The summed E-state index contributed by atoms with van der Waals surface area (Å²) < 4.78 is 11.1. The van der Waals surface area contributed by atoms with Gasteiger partial charge in [0, 0.05) is 29.0 Å². The first-order valence-electron chi connectivity index (χ1n) is 6.20. The largest absolute Gasteiger partial charge is 0.353 e. The maximum atomic E-state index is 5.57. The van der Waals surface area contributed by atoms with Crippen molar-refractivity contribution >= 4 is 10.2 Å². The summed E-state index contributed by atoms with van der Waals surface area (Å²) in [6, 6.07) is 0. The molecule has 15 heavy (non-hydrogen) atoms. The summed E-state index contributed by atoms with van der Waals surface area (Å²) in [5.41, 5.74) is 0.543. The van der Waals surface area contributed by atoms with Crippen LogP contribution < -0.4 is 5.32 Å². The smallest absolute Gasteiger partial charge is 0.158 e. The van der Waals surface area contributed by atoms with Crippen molar-refractivity contribution in [3.63, 3.8) is 0 Å². The molecule has 1 atom stereocenters. The van der Waals surface area contributed by atoms with E-state index in [1.54, 1.807) is 0 Å². The fourth-order valence-electron chi connectivity index (χ4n) is 1.43. The van der Waals surface area contributed by atoms with E-state index in [9.17, 15) is 0 Å². The van der Waals surface area contributed by atoms with E-state index in [0.717, 1.165) is 36.5 Å². The lowest BCUT2D eigenvalue weighted by Gasteiger charge is -2.23. The molecule has 0 saturated carbocycles. The van der Waals surface area contributed by atoms with E-state index in [4.69, 9.17) is 9.47 Å². The van der Waals surface area contributed by atoms with E-state index < -0.39 is 0 Å². The van der Waals surface area contributed by atoms with Crippen LogP contribution in [0.2, 0.25) is 5.54 Å². The molecule has 0 heterocycles. The van der Waals surface area contributed by atoms with Gasteiger partial charge in [-0.25, -0.2) is 0 Å². The van der Waals surface area contributed by atoms with Gasteiger partial charge in [-0.15, -0.1) is 0 Å². The van der Waals surface area contributed by atoms with Crippen LogP contribution in [0, 0.1) is 0 Å². The number of hydrogen-bond donors (Lipinski definition) is 1. The van der Waals surface area contributed by atoms with Crippen LogP contribution in [-0.4, -0.2) is 42.8 Å². The van der Waals surface area contributed by atoms with E-state index in [1.807, 2.05) is 13.8 Å².